The highest BCUT2D eigenvalue weighted by Crippen LogP contribution is 2.39. The number of likely N-dealkylation sites (N-methyl/N-ethyl adjacent to an activating group) is 1. The third-order valence-electron chi connectivity index (χ3n) is 5.61. The van der Waals surface area contributed by atoms with E-state index in [2.05, 4.69) is 14.9 Å². The molecule has 1 aliphatic heterocycles. The smallest absolute Gasteiger partial charge is 0.264 e. The van der Waals surface area contributed by atoms with Crippen LogP contribution in [-0.4, -0.2) is 52.7 Å². The lowest BCUT2D eigenvalue weighted by Crippen LogP contribution is -2.44. The number of nitrogens with zero attached hydrogens (tertiary/aromatic N) is 4. The van der Waals surface area contributed by atoms with Crippen LogP contribution < -0.4 is 15.9 Å². The van der Waals surface area contributed by atoms with E-state index in [1.54, 1.807) is 6.07 Å². The number of piperazine rings is 1. The van der Waals surface area contributed by atoms with Gasteiger partial charge in [0.1, 0.15) is 11.2 Å². The van der Waals surface area contributed by atoms with E-state index in [-0.39, 0.29) is 16.8 Å². The van der Waals surface area contributed by atoms with Gasteiger partial charge in [-0.2, -0.15) is 0 Å². The Labute approximate surface area is 154 Å². The number of pyridine rings is 1. The standard InChI is InChI=1S/C19H20FN5O2/c1-23-4-6-24(7-5-23)15-9-14-12(8-13(15)20)17(26)16-18(21-10-22-19(16)27)25(14)11-2-3-11/h8-11H,2-7H2,1H3,(H,21,22,27). The summed E-state index contributed by atoms with van der Waals surface area (Å²) in [5.74, 6) is -0.425. The van der Waals surface area contributed by atoms with Gasteiger partial charge in [0, 0.05) is 37.6 Å². The minimum absolute atomic E-state index is 0.00338. The van der Waals surface area contributed by atoms with Crippen molar-refractivity contribution < 1.29 is 4.39 Å². The number of nitrogens with one attached hydrogen (secondary N) is 1. The second-order valence-corrected chi connectivity index (χ2v) is 7.47. The number of anilines is 1. The van der Waals surface area contributed by atoms with E-state index in [0.29, 0.717) is 16.9 Å². The Morgan fingerprint density at radius 1 is 1.15 bits per heavy atom. The zero-order valence-corrected chi connectivity index (χ0v) is 15.0. The van der Waals surface area contributed by atoms with Gasteiger partial charge in [0.2, 0.25) is 5.43 Å². The molecule has 1 aromatic carbocycles. The van der Waals surface area contributed by atoms with E-state index in [0.717, 1.165) is 39.0 Å². The maximum Gasteiger partial charge on any atom is 0.264 e. The number of H-pyrrole nitrogens is 1. The number of benzene rings is 1. The zero-order chi connectivity index (χ0) is 18.7. The first-order valence-electron chi connectivity index (χ1n) is 9.23. The topological polar surface area (TPSA) is 74.2 Å². The maximum atomic E-state index is 14.9. The summed E-state index contributed by atoms with van der Waals surface area (Å²) >= 11 is 0. The lowest BCUT2D eigenvalue weighted by molar-refractivity contribution is 0.312. The Kier molecular flexibility index (Phi) is 3.58. The molecule has 140 valence electrons. The minimum atomic E-state index is -0.482. The van der Waals surface area contributed by atoms with Crippen molar-refractivity contribution in [3.05, 3.63) is 44.9 Å². The number of aromatic amines is 1. The van der Waals surface area contributed by atoms with E-state index >= 15 is 0 Å². The Hall–Kier alpha value is -2.74. The van der Waals surface area contributed by atoms with Crippen molar-refractivity contribution in [1.29, 1.82) is 0 Å². The summed E-state index contributed by atoms with van der Waals surface area (Å²) in [5.41, 5.74) is 0.603. The van der Waals surface area contributed by atoms with Crippen LogP contribution in [0.5, 0.6) is 0 Å². The van der Waals surface area contributed by atoms with Gasteiger partial charge in [-0.25, -0.2) is 9.37 Å². The number of fused-ring (bicyclic) bond motifs is 2. The molecule has 1 saturated heterocycles. The predicted octanol–water partition coefficient (Wildman–Crippen LogP) is 1.46. The Balaban J connectivity index is 1.82. The summed E-state index contributed by atoms with van der Waals surface area (Å²) < 4.78 is 16.9. The third kappa shape index (κ3) is 2.55. The molecule has 0 radical (unpaired) electrons. The quantitative estimate of drug-likeness (QED) is 0.693. The first-order chi connectivity index (χ1) is 13.0. The largest absolute Gasteiger partial charge is 0.367 e. The maximum absolute atomic E-state index is 14.9. The summed E-state index contributed by atoms with van der Waals surface area (Å²) in [6.07, 6.45) is 3.24. The van der Waals surface area contributed by atoms with Crippen LogP contribution in [0.2, 0.25) is 0 Å². The van der Waals surface area contributed by atoms with Crippen LogP contribution in [0.25, 0.3) is 21.9 Å². The fraction of sp³-hybridized carbons (Fsp3) is 0.421. The molecular formula is C19H20FN5O2. The van der Waals surface area contributed by atoms with E-state index in [1.165, 1.54) is 12.4 Å². The average Bonchev–Trinajstić information content (AvgIpc) is 3.48. The van der Waals surface area contributed by atoms with Crippen molar-refractivity contribution >= 4 is 27.6 Å². The number of rotatable bonds is 2. The van der Waals surface area contributed by atoms with Gasteiger partial charge in [-0.05, 0) is 32.0 Å². The molecule has 0 bridgehead atoms. The summed E-state index contributed by atoms with van der Waals surface area (Å²) in [5, 5.41) is 0.243. The van der Waals surface area contributed by atoms with Crippen molar-refractivity contribution in [2.45, 2.75) is 18.9 Å². The predicted molar refractivity (Wildman–Crippen MR) is 102 cm³/mol. The van der Waals surface area contributed by atoms with Gasteiger partial charge in [-0.3, -0.25) is 9.59 Å². The highest BCUT2D eigenvalue weighted by Gasteiger charge is 2.29. The van der Waals surface area contributed by atoms with Gasteiger partial charge >= 0.3 is 0 Å². The highest BCUT2D eigenvalue weighted by molar-refractivity contribution is 5.93. The van der Waals surface area contributed by atoms with Gasteiger partial charge in [0.05, 0.1) is 17.5 Å². The second-order valence-electron chi connectivity index (χ2n) is 7.47. The van der Waals surface area contributed by atoms with Gasteiger partial charge in [0.15, 0.2) is 5.65 Å². The van der Waals surface area contributed by atoms with E-state index in [9.17, 15) is 14.0 Å². The molecule has 0 atom stereocenters. The van der Waals surface area contributed by atoms with Crippen LogP contribution in [0.15, 0.2) is 28.0 Å². The fourth-order valence-electron chi connectivity index (χ4n) is 3.95. The third-order valence-corrected chi connectivity index (χ3v) is 5.61. The van der Waals surface area contributed by atoms with Crippen molar-refractivity contribution in [1.82, 2.24) is 19.4 Å². The van der Waals surface area contributed by atoms with Crippen LogP contribution in [0.4, 0.5) is 10.1 Å². The van der Waals surface area contributed by atoms with E-state index in [4.69, 9.17) is 0 Å². The molecule has 1 saturated carbocycles. The van der Waals surface area contributed by atoms with Crippen molar-refractivity contribution in [2.24, 2.45) is 0 Å². The van der Waals surface area contributed by atoms with E-state index in [1.807, 2.05) is 16.5 Å². The molecule has 7 nitrogen and oxygen atoms in total. The van der Waals surface area contributed by atoms with Crippen LogP contribution in [0.3, 0.4) is 0 Å². The molecule has 2 aromatic heterocycles. The average molecular weight is 369 g/mol. The van der Waals surface area contributed by atoms with Crippen molar-refractivity contribution in [3.63, 3.8) is 0 Å². The molecule has 1 aliphatic carbocycles. The lowest BCUT2D eigenvalue weighted by atomic mass is 10.1. The molecule has 8 heteroatoms. The summed E-state index contributed by atoms with van der Waals surface area (Å²) in [4.78, 5) is 36.2. The molecule has 27 heavy (non-hydrogen) atoms. The Bertz CT molecular complexity index is 1170. The summed E-state index contributed by atoms with van der Waals surface area (Å²) in [6.45, 7) is 3.19. The number of halogens is 1. The summed E-state index contributed by atoms with van der Waals surface area (Å²) in [7, 11) is 2.05. The van der Waals surface area contributed by atoms with Crippen LogP contribution in [0, 0.1) is 5.82 Å². The second kappa shape index (κ2) is 5.88. The van der Waals surface area contributed by atoms with Gasteiger partial charge < -0.3 is 19.4 Å². The van der Waals surface area contributed by atoms with Crippen LogP contribution in [-0.2, 0) is 0 Å². The molecule has 0 amide bonds. The molecule has 0 unspecified atom stereocenters. The minimum Gasteiger partial charge on any atom is -0.367 e. The SMILES string of the molecule is CN1CCN(c2cc3c(cc2F)c(=O)c2c(=O)[nH]cnc2n3C2CC2)CC1. The molecule has 2 aliphatic rings. The molecule has 0 spiro atoms. The molecule has 2 fully saturated rings. The number of hydrogen-bond donors (Lipinski definition) is 1. The molecular weight excluding hydrogens is 349 g/mol. The molecule has 3 heterocycles. The van der Waals surface area contributed by atoms with Gasteiger partial charge in [0.25, 0.3) is 5.56 Å². The van der Waals surface area contributed by atoms with Crippen LogP contribution in [0.1, 0.15) is 18.9 Å². The fourth-order valence-corrected chi connectivity index (χ4v) is 3.95. The zero-order valence-electron chi connectivity index (χ0n) is 15.0. The molecule has 3 aromatic rings. The van der Waals surface area contributed by atoms with Gasteiger partial charge in [-0.1, -0.05) is 0 Å². The Morgan fingerprint density at radius 3 is 2.59 bits per heavy atom. The van der Waals surface area contributed by atoms with Crippen LogP contribution >= 0.6 is 0 Å². The molecule has 5 rings (SSSR count). The monoisotopic (exact) mass is 369 g/mol. The first kappa shape index (κ1) is 16.4. The van der Waals surface area contributed by atoms with Crippen molar-refractivity contribution in [2.75, 3.05) is 38.1 Å². The first-order valence-corrected chi connectivity index (χ1v) is 9.23. The number of aromatic nitrogens is 3. The number of hydrogen-bond acceptors (Lipinski definition) is 5. The highest BCUT2D eigenvalue weighted by atomic mass is 19.1. The van der Waals surface area contributed by atoms with Crippen molar-refractivity contribution in [3.8, 4) is 0 Å². The molecule has 1 N–H and O–H groups in total. The Morgan fingerprint density at radius 2 is 1.89 bits per heavy atom. The van der Waals surface area contributed by atoms with Gasteiger partial charge in [-0.15, -0.1) is 0 Å². The summed E-state index contributed by atoms with van der Waals surface area (Å²) in [6, 6.07) is 3.24. The lowest BCUT2D eigenvalue weighted by Gasteiger charge is -2.34. The normalized spacial score (nSPS) is 18.5. The van der Waals surface area contributed by atoms with E-state index < -0.39 is 16.8 Å².